The molecule has 3 rings (SSSR count). The number of amides is 3. The number of carbonyl (C=O) groups is 3. The molecule has 0 bridgehead atoms. The highest BCUT2D eigenvalue weighted by Gasteiger charge is 2.35. The number of rotatable bonds is 6. The van der Waals surface area contributed by atoms with Crippen LogP contribution < -0.4 is 20.1 Å². The Balaban J connectivity index is 1.93. The predicted octanol–water partition coefficient (Wildman–Crippen LogP) is 0.649. The van der Waals surface area contributed by atoms with Gasteiger partial charge in [-0.3, -0.25) is 9.69 Å². The molecule has 1 atom stereocenters. The normalized spacial score (nSPS) is 19.4. The zero-order valence-corrected chi connectivity index (χ0v) is 18.2. The first-order valence-electron chi connectivity index (χ1n) is 9.96. The van der Waals surface area contributed by atoms with Gasteiger partial charge in [0.25, 0.3) is 0 Å². The van der Waals surface area contributed by atoms with Crippen molar-refractivity contribution < 1.29 is 28.6 Å². The van der Waals surface area contributed by atoms with Gasteiger partial charge in [-0.05, 0) is 17.7 Å². The van der Waals surface area contributed by atoms with Crippen molar-refractivity contribution in [3.05, 3.63) is 35.0 Å². The Morgan fingerprint density at radius 2 is 1.74 bits per heavy atom. The van der Waals surface area contributed by atoms with Crippen molar-refractivity contribution in [1.29, 1.82) is 0 Å². The quantitative estimate of drug-likeness (QED) is 0.635. The van der Waals surface area contributed by atoms with Crippen molar-refractivity contribution in [3.8, 4) is 11.5 Å². The number of ether oxygens (including phenoxy) is 3. The SMILES string of the molecule is COC(=O)C1=C(CN2CCN(C(C)=O)CC2)NC(=O)N[C@H]1c1ccc(OC)c(OC)c1. The molecule has 0 saturated carbocycles. The number of benzene rings is 1. The van der Waals surface area contributed by atoms with Gasteiger partial charge >= 0.3 is 12.0 Å². The molecule has 2 N–H and O–H groups in total. The number of urea groups is 1. The third kappa shape index (κ3) is 4.91. The minimum atomic E-state index is -0.713. The molecule has 0 unspecified atom stereocenters. The summed E-state index contributed by atoms with van der Waals surface area (Å²) >= 11 is 0. The Bertz CT molecular complexity index is 892. The Hall–Kier alpha value is -3.27. The van der Waals surface area contributed by atoms with E-state index in [9.17, 15) is 14.4 Å². The first-order chi connectivity index (χ1) is 14.9. The van der Waals surface area contributed by atoms with Crippen LogP contribution in [0.2, 0.25) is 0 Å². The summed E-state index contributed by atoms with van der Waals surface area (Å²) in [6.45, 7) is 4.38. The van der Waals surface area contributed by atoms with Crippen molar-refractivity contribution in [2.24, 2.45) is 0 Å². The first kappa shape index (κ1) is 22.4. The van der Waals surface area contributed by atoms with Crippen LogP contribution in [0.5, 0.6) is 11.5 Å². The molecule has 1 aromatic carbocycles. The van der Waals surface area contributed by atoms with Crippen molar-refractivity contribution in [1.82, 2.24) is 20.4 Å². The number of methoxy groups -OCH3 is 3. The number of esters is 1. The van der Waals surface area contributed by atoms with E-state index in [1.807, 2.05) is 0 Å². The minimum Gasteiger partial charge on any atom is -0.493 e. The molecule has 2 heterocycles. The summed E-state index contributed by atoms with van der Waals surface area (Å²) in [6.07, 6.45) is 0. The monoisotopic (exact) mass is 432 g/mol. The molecular weight excluding hydrogens is 404 g/mol. The summed E-state index contributed by atoms with van der Waals surface area (Å²) < 4.78 is 15.7. The molecule has 3 amide bonds. The fourth-order valence-electron chi connectivity index (χ4n) is 3.82. The van der Waals surface area contributed by atoms with Crippen LogP contribution in [0.3, 0.4) is 0 Å². The molecular formula is C21H28N4O6. The molecule has 2 aliphatic rings. The van der Waals surface area contributed by atoms with E-state index in [1.165, 1.54) is 21.3 Å². The lowest BCUT2D eigenvalue weighted by Crippen LogP contribution is -2.52. The van der Waals surface area contributed by atoms with E-state index < -0.39 is 18.0 Å². The fraction of sp³-hybridized carbons (Fsp3) is 0.476. The lowest BCUT2D eigenvalue weighted by molar-refractivity contribution is -0.136. The molecule has 0 aromatic heterocycles. The minimum absolute atomic E-state index is 0.0396. The van der Waals surface area contributed by atoms with Gasteiger partial charge in [0.15, 0.2) is 11.5 Å². The lowest BCUT2D eigenvalue weighted by Gasteiger charge is -2.36. The summed E-state index contributed by atoms with van der Waals surface area (Å²) in [5, 5.41) is 5.56. The second-order valence-corrected chi connectivity index (χ2v) is 7.31. The van der Waals surface area contributed by atoms with Crippen LogP contribution >= 0.6 is 0 Å². The lowest BCUT2D eigenvalue weighted by atomic mass is 9.94. The largest absolute Gasteiger partial charge is 0.493 e. The maximum atomic E-state index is 12.7. The maximum absolute atomic E-state index is 12.7. The van der Waals surface area contributed by atoms with Crippen molar-refractivity contribution >= 4 is 17.9 Å². The third-order valence-corrected chi connectivity index (χ3v) is 5.50. The second-order valence-electron chi connectivity index (χ2n) is 7.31. The number of carbonyl (C=O) groups excluding carboxylic acids is 3. The number of piperazine rings is 1. The molecule has 0 aliphatic carbocycles. The smallest absolute Gasteiger partial charge is 0.338 e. The van der Waals surface area contributed by atoms with Crippen molar-refractivity contribution in [2.45, 2.75) is 13.0 Å². The van der Waals surface area contributed by atoms with E-state index in [1.54, 1.807) is 30.0 Å². The van der Waals surface area contributed by atoms with Gasteiger partial charge < -0.3 is 29.7 Å². The fourth-order valence-corrected chi connectivity index (χ4v) is 3.82. The number of hydrogen-bond acceptors (Lipinski definition) is 7. The van der Waals surface area contributed by atoms with Crippen LogP contribution in [0.25, 0.3) is 0 Å². The molecule has 1 aromatic rings. The number of nitrogens with zero attached hydrogens (tertiary/aromatic N) is 2. The first-order valence-corrected chi connectivity index (χ1v) is 9.96. The van der Waals surface area contributed by atoms with Gasteiger partial charge in [0.1, 0.15) is 0 Å². The predicted molar refractivity (Wildman–Crippen MR) is 112 cm³/mol. The summed E-state index contributed by atoms with van der Waals surface area (Å²) in [6, 6.07) is 4.09. The van der Waals surface area contributed by atoms with E-state index in [0.717, 1.165) is 0 Å². The van der Waals surface area contributed by atoms with Gasteiger partial charge in [-0.1, -0.05) is 6.07 Å². The van der Waals surface area contributed by atoms with Crippen molar-refractivity contribution in [2.75, 3.05) is 54.1 Å². The average molecular weight is 432 g/mol. The van der Waals surface area contributed by atoms with E-state index in [0.29, 0.717) is 61.1 Å². The molecule has 10 heteroatoms. The molecule has 31 heavy (non-hydrogen) atoms. The van der Waals surface area contributed by atoms with Crippen LogP contribution in [-0.4, -0.2) is 81.8 Å². The highest BCUT2D eigenvalue weighted by Crippen LogP contribution is 2.34. The van der Waals surface area contributed by atoms with Gasteiger partial charge in [0.2, 0.25) is 5.91 Å². The van der Waals surface area contributed by atoms with Crippen LogP contribution in [-0.2, 0) is 14.3 Å². The van der Waals surface area contributed by atoms with Gasteiger partial charge in [0.05, 0.1) is 32.9 Å². The molecule has 0 spiro atoms. The summed E-state index contributed by atoms with van der Waals surface area (Å²) in [4.78, 5) is 40.6. The zero-order chi connectivity index (χ0) is 22.5. The number of nitrogens with one attached hydrogen (secondary N) is 2. The van der Waals surface area contributed by atoms with Crippen LogP contribution in [0.4, 0.5) is 4.79 Å². The summed E-state index contributed by atoms with van der Waals surface area (Å²) in [5.41, 5.74) is 1.46. The highest BCUT2D eigenvalue weighted by molar-refractivity contribution is 5.95. The maximum Gasteiger partial charge on any atom is 0.338 e. The van der Waals surface area contributed by atoms with Crippen molar-refractivity contribution in [3.63, 3.8) is 0 Å². The van der Waals surface area contributed by atoms with E-state index >= 15 is 0 Å². The zero-order valence-electron chi connectivity index (χ0n) is 18.2. The molecule has 1 saturated heterocycles. The third-order valence-electron chi connectivity index (χ3n) is 5.50. The van der Waals surface area contributed by atoms with E-state index in [-0.39, 0.29) is 5.91 Å². The second kappa shape index (κ2) is 9.69. The van der Waals surface area contributed by atoms with E-state index in [2.05, 4.69) is 15.5 Å². The number of hydrogen-bond donors (Lipinski definition) is 2. The summed E-state index contributed by atoms with van der Waals surface area (Å²) in [7, 11) is 4.36. The van der Waals surface area contributed by atoms with Gasteiger partial charge in [-0.15, -0.1) is 0 Å². The molecule has 0 radical (unpaired) electrons. The van der Waals surface area contributed by atoms with Gasteiger partial charge in [0, 0.05) is 45.3 Å². The Kier molecular flexibility index (Phi) is 7.01. The Labute approximate surface area is 181 Å². The highest BCUT2D eigenvalue weighted by atomic mass is 16.5. The molecule has 168 valence electrons. The Morgan fingerprint density at radius 3 is 2.32 bits per heavy atom. The molecule has 10 nitrogen and oxygen atoms in total. The van der Waals surface area contributed by atoms with Gasteiger partial charge in [-0.2, -0.15) is 0 Å². The van der Waals surface area contributed by atoms with Gasteiger partial charge in [-0.25, -0.2) is 9.59 Å². The standard InChI is InChI=1S/C21H28N4O6/c1-13(26)25-9-7-24(8-10-25)12-15-18(20(27)31-4)19(23-21(28)22-15)14-5-6-16(29-2)17(11-14)30-3/h5-6,11,19H,7-10,12H2,1-4H3,(H2,22,23,28)/t19-/m0/s1. The van der Waals surface area contributed by atoms with Crippen LogP contribution in [0.15, 0.2) is 29.5 Å². The van der Waals surface area contributed by atoms with Crippen LogP contribution in [0, 0.1) is 0 Å². The van der Waals surface area contributed by atoms with E-state index in [4.69, 9.17) is 14.2 Å². The summed E-state index contributed by atoms with van der Waals surface area (Å²) in [5.74, 6) is 0.528. The van der Waals surface area contributed by atoms with Crippen LogP contribution in [0.1, 0.15) is 18.5 Å². The average Bonchev–Trinajstić information content (AvgIpc) is 2.78. The topological polar surface area (TPSA) is 109 Å². The Morgan fingerprint density at radius 1 is 1.06 bits per heavy atom. The molecule has 1 fully saturated rings. The molecule has 2 aliphatic heterocycles.